The Labute approximate surface area is 103 Å². The summed E-state index contributed by atoms with van der Waals surface area (Å²) < 4.78 is 4.47. The van der Waals surface area contributed by atoms with Gasteiger partial charge < -0.3 is 10.1 Å². The molecule has 0 heterocycles. The van der Waals surface area contributed by atoms with Crippen LogP contribution in [0.3, 0.4) is 0 Å². The van der Waals surface area contributed by atoms with Gasteiger partial charge in [0, 0.05) is 13.1 Å². The minimum Gasteiger partial charge on any atom is -0.469 e. The average Bonchev–Trinajstić information content (AvgIpc) is 2.27. The summed E-state index contributed by atoms with van der Waals surface area (Å²) in [7, 11) is 1.33. The summed E-state index contributed by atoms with van der Waals surface area (Å²) in [6, 6.07) is 0. The lowest BCUT2D eigenvalue weighted by Crippen LogP contribution is -2.38. The van der Waals surface area contributed by atoms with Gasteiger partial charge >= 0.3 is 5.97 Å². The highest BCUT2D eigenvalue weighted by molar-refractivity contribution is 5.78. The normalized spacial score (nSPS) is 10.1. The van der Waals surface area contributed by atoms with Crippen LogP contribution in [-0.4, -0.2) is 50.1 Å². The van der Waals surface area contributed by atoms with E-state index in [2.05, 4.69) is 16.6 Å². The van der Waals surface area contributed by atoms with Crippen LogP contribution in [0.4, 0.5) is 0 Å². The van der Waals surface area contributed by atoms with Crippen LogP contribution in [0.5, 0.6) is 0 Å². The molecule has 98 valence electrons. The molecule has 0 saturated heterocycles. The van der Waals surface area contributed by atoms with Gasteiger partial charge in [0.1, 0.15) is 0 Å². The predicted molar refractivity (Wildman–Crippen MR) is 66.6 cm³/mol. The molecule has 0 bridgehead atoms. The Morgan fingerprint density at radius 3 is 2.47 bits per heavy atom. The van der Waals surface area contributed by atoms with E-state index in [0.29, 0.717) is 19.6 Å². The van der Waals surface area contributed by atoms with Crippen LogP contribution in [0.25, 0.3) is 0 Å². The average molecular weight is 242 g/mol. The van der Waals surface area contributed by atoms with Crippen LogP contribution in [0.2, 0.25) is 0 Å². The number of hydrogen-bond donors (Lipinski definition) is 1. The van der Waals surface area contributed by atoms with Gasteiger partial charge in [-0.2, -0.15) is 0 Å². The van der Waals surface area contributed by atoms with Crippen molar-refractivity contribution in [1.29, 1.82) is 0 Å². The van der Waals surface area contributed by atoms with Crippen LogP contribution >= 0.6 is 0 Å². The lowest BCUT2D eigenvalue weighted by atomic mass is 10.3. The first kappa shape index (κ1) is 15.6. The summed E-state index contributed by atoms with van der Waals surface area (Å²) in [6.45, 7) is 9.87. The van der Waals surface area contributed by atoms with E-state index in [1.54, 1.807) is 0 Å². The van der Waals surface area contributed by atoms with Crippen LogP contribution in [0.1, 0.15) is 20.3 Å². The van der Waals surface area contributed by atoms with Crippen LogP contribution in [0, 0.1) is 0 Å². The molecule has 0 saturated carbocycles. The Balaban J connectivity index is 3.83. The number of nitrogens with zero attached hydrogens (tertiary/aromatic N) is 1. The van der Waals surface area contributed by atoms with E-state index >= 15 is 0 Å². The molecule has 0 fully saturated rings. The fraction of sp³-hybridized carbons (Fsp3) is 0.667. The summed E-state index contributed by atoms with van der Waals surface area (Å²) in [5.41, 5.74) is 1.02. The summed E-state index contributed by atoms with van der Waals surface area (Å²) >= 11 is 0. The topological polar surface area (TPSA) is 58.6 Å². The quantitative estimate of drug-likeness (QED) is 0.499. The van der Waals surface area contributed by atoms with Crippen LogP contribution in [-0.2, 0) is 14.3 Å². The fourth-order valence-corrected chi connectivity index (χ4v) is 1.33. The van der Waals surface area contributed by atoms with E-state index < -0.39 is 0 Å². The molecule has 0 aliphatic carbocycles. The highest BCUT2D eigenvalue weighted by Gasteiger charge is 2.09. The molecule has 5 nitrogen and oxygen atoms in total. The van der Waals surface area contributed by atoms with Crippen molar-refractivity contribution in [1.82, 2.24) is 10.2 Å². The first-order valence-corrected chi connectivity index (χ1v) is 5.69. The number of methoxy groups -OCH3 is 1. The maximum absolute atomic E-state index is 11.5. The van der Waals surface area contributed by atoms with Crippen LogP contribution in [0.15, 0.2) is 12.2 Å². The number of esters is 1. The Morgan fingerprint density at radius 2 is 2.00 bits per heavy atom. The number of rotatable bonds is 8. The van der Waals surface area contributed by atoms with E-state index in [9.17, 15) is 9.59 Å². The summed E-state index contributed by atoms with van der Waals surface area (Å²) in [6.07, 6.45) is 0.203. The largest absolute Gasteiger partial charge is 0.469 e. The summed E-state index contributed by atoms with van der Waals surface area (Å²) in [5, 5.41) is 2.67. The van der Waals surface area contributed by atoms with E-state index in [1.807, 2.05) is 18.7 Å². The Hall–Kier alpha value is -1.36. The second-order valence-corrected chi connectivity index (χ2v) is 3.94. The van der Waals surface area contributed by atoms with E-state index in [4.69, 9.17) is 0 Å². The van der Waals surface area contributed by atoms with Gasteiger partial charge in [-0.15, -0.1) is 0 Å². The van der Waals surface area contributed by atoms with Gasteiger partial charge in [-0.25, -0.2) is 0 Å². The molecule has 0 atom stereocenters. The maximum Gasteiger partial charge on any atom is 0.307 e. The van der Waals surface area contributed by atoms with Gasteiger partial charge in [-0.1, -0.05) is 19.1 Å². The highest BCUT2D eigenvalue weighted by Crippen LogP contribution is 1.94. The highest BCUT2D eigenvalue weighted by atomic mass is 16.5. The van der Waals surface area contributed by atoms with Crippen molar-refractivity contribution in [2.45, 2.75) is 20.3 Å². The smallest absolute Gasteiger partial charge is 0.307 e. The van der Waals surface area contributed by atoms with Crippen molar-refractivity contribution >= 4 is 11.9 Å². The Morgan fingerprint density at radius 1 is 1.35 bits per heavy atom. The molecule has 0 aromatic carbocycles. The summed E-state index contributed by atoms with van der Waals surface area (Å²) in [5.74, 6) is -0.406. The molecule has 0 spiro atoms. The minimum absolute atomic E-state index is 0.0861. The van der Waals surface area contributed by atoms with Gasteiger partial charge in [-0.05, 0) is 13.5 Å². The maximum atomic E-state index is 11.5. The molecule has 5 heteroatoms. The third-order valence-corrected chi connectivity index (χ3v) is 2.19. The number of ether oxygens (including phenoxy) is 1. The molecule has 0 radical (unpaired) electrons. The zero-order chi connectivity index (χ0) is 13.3. The summed E-state index contributed by atoms with van der Waals surface area (Å²) in [4.78, 5) is 24.3. The molecule has 0 aromatic heterocycles. The number of hydrogen-bond acceptors (Lipinski definition) is 4. The predicted octanol–water partition coefficient (Wildman–Crippen LogP) is 0.564. The molecule has 0 aliphatic heterocycles. The van der Waals surface area contributed by atoms with E-state index in [0.717, 1.165) is 12.1 Å². The van der Waals surface area contributed by atoms with Crippen LogP contribution < -0.4 is 5.32 Å². The van der Waals surface area contributed by atoms with Gasteiger partial charge in [0.25, 0.3) is 0 Å². The Bertz CT molecular complexity index is 277. The number of carbonyl (C=O) groups is 2. The lowest BCUT2D eigenvalue weighted by molar-refractivity contribution is -0.140. The monoisotopic (exact) mass is 242 g/mol. The van der Waals surface area contributed by atoms with Crippen molar-refractivity contribution < 1.29 is 14.3 Å². The molecule has 0 rings (SSSR count). The fourth-order valence-electron chi connectivity index (χ4n) is 1.33. The molecular weight excluding hydrogens is 220 g/mol. The third kappa shape index (κ3) is 8.45. The molecule has 17 heavy (non-hydrogen) atoms. The number of nitrogens with one attached hydrogen (secondary N) is 1. The van der Waals surface area contributed by atoms with Crippen molar-refractivity contribution in [2.75, 3.05) is 33.3 Å². The Kier molecular flexibility index (Phi) is 8.05. The van der Waals surface area contributed by atoms with Gasteiger partial charge in [0.15, 0.2) is 0 Å². The first-order valence-electron chi connectivity index (χ1n) is 5.69. The standard InChI is InChI=1S/C12H22N2O3/c1-5-14(8-10(2)3)9-11(15)13-7-6-12(16)17-4/h2,5-9H2,1,3-4H3,(H,13,15). The van der Waals surface area contributed by atoms with Gasteiger partial charge in [0.05, 0.1) is 20.1 Å². The zero-order valence-electron chi connectivity index (χ0n) is 10.9. The number of carbonyl (C=O) groups excluding carboxylic acids is 2. The SMILES string of the molecule is C=C(C)CN(CC)CC(=O)NCCC(=O)OC. The molecule has 0 aliphatic rings. The zero-order valence-corrected chi connectivity index (χ0v) is 10.9. The van der Waals surface area contributed by atoms with E-state index in [-0.39, 0.29) is 18.3 Å². The molecule has 1 N–H and O–H groups in total. The van der Waals surface area contributed by atoms with Gasteiger partial charge in [0.2, 0.25) is 5.91 Å². The second-order valence-electron chi connectivity index (χ2n) is 3.94. The second kappa shape index (κ2) is 8.75. The van der Waals surface area contributed by atoms with Crippen molar-refractivity contribution in [3.8, 4) is 0 Å². The molecule has 0 aromatic rings. The van der Waals surface area contributed by atoms with Crippen molar-refractivity contribution in [2.24, 2.45) is 0 Å². The number of amides is 1. The van der Waals surface area contributed by atoms with Crippen molar-refractivity contribution in [3.05, 3.63) is 12.2 Å². The molecular formula is C12H22N2O3. The minimum atomic E-state index is -0.320. The van der Waals surface area contributed by atoms with Gasteiger partial charge in [-0.3, -0.25) is 14.5 Å². The van der Waals surface area contributed by atoms with E-state index in [1.165, 1.54) is 7.11 Å². The lowest BCUT2D eigenvalue weighted by Gasteiger charge is -2.19. The van der Waals surface area contributed by atoms with Crippen molar-refractivity contribution in [3.63, 3.8) is 0 Å². The molecule has 0 unspecified atom stereocenters. The third-order valence-electron chi connectivity index (χ3n) is 2.19. The first-order chi connectivity index (χ1) is 7.99. The molecule has 1 amide bonds. The number of likely N-dealkylation sites (N-methyl/N-ethyl adjacent to an activating group) is 1.